The number of benzene rings is 1. The first-order chi connectivity index (χ1) is 12.9. The van der Waals surface area contributed by atoms with E-state index >= 15 is 0 Å². The second-order valence-electron chi connectivity index (χ2n) is 7.22. The zero-order valence-corrected chi connectivity index (χ0v) is 17.7. The molecule has 2 rings (SSSR count). The molecule has 0 saturated carbocycles. The summed E-state index contributed by atoms with van der Waals surface area (Å²) in [6.45, 7) is 3.94. The summed E-state index contributed by atoms with van der Waals surface area (Å²) in [6, 6.07) is 3.60. The van der Waals surface area contributed by atoms with Crippen LogP contribution in [-0.4, -0.2) is 58.5 Å². The summed E-state index contributed by atoms with van der Waals surface area (Å²) in [6.07, 6.45) is 2.01. The minimum absolute atomic E-state index is 0.260. The number of hydrogen-bond donors (Lipinski definition) is 2. The van der Waals surface area contributed by atoms with E-state index in [0.717, 1.165) is 18.4 Å². The highest BCUT2D eigenvalue weighted by Gasteiger charge is 2.32. The van der Waals surface area contributed by atoms with Crippen molar-refractivity contribution >= 4 is 26.0 Å². The fraction of sp³-hybridized carbons (Fsp3) is 0.588. The molecule has 0 radical (unpaired) electrons. The molecule has 1 aromatic rings. The van der Waals surface area contributed by atoms with Gasteiger partial charge in [0, 0.05) is 19.1 Å². The van der Waals surface area contributed by atoms with Crippen LogP contribution in [0.5, 0.6) is 0 Å². The predicted octanol–water partition coefficient (Wildman–Crippen LogP) is 0.669. The van der Waals surface area contributed by atoms with Crippen LogP contribution in [0, 0.1) is 11.7 Å². The quantitative estimate of drug-likeness (QED) is 0.654. The lowest BCUT2D eigenvalue weighted by atomic mass is 10.0. The van der Waals surface area contributed by atoms with Crippen LogP contribution in [-0.2, 0) is 24.8 Å². The SMILES string of the molecule is CC(C)[C@H](NS(=O)(=O)c1ccccc1F)C(=O)NC1CCN(S(C)(=O)=O)CC1. The number of piperidine rings is 1. The van der Waals surface area contributed by atoms with Gasteiger partial charge in [-0.05, 0) is 30.9 Å². The summed E-state index contributed by atoms with van der Waals surface area (Å²) >= 11 is 0. The molecule has 2 N–H and O–H groups in total. The molecule has 1 saturated heterocycles. The number of sulfonamides is 2. The fourth-order valence-electron chi connectivity index (χ4n) is 3.01. The molecule has 1 fully saturated rings. The molecular weight excluding hydrogens is 409 g/mol. The summed E-state index contributed by atoms with van der Waals surface area (Å²) < 4.78 is 65.7. The molecule has 28 heavy (non-hydrogen) atoms. The van der Waals surface area contributed by atoms with Crippen LogP contribution < -0.4 is 10.0 Å². The maximum absolute atomic E-state index is 13.9. The summed E-state index contributed by atoms with van der Waals surface area (Å²) in [5, 5.41) is 2.78. The Morgan fingerprint density at radius 3 is 2.21 bits per heavy atom. The first kappa shape index (κ1) is 22.7. The van der Waals surface area contributed by atoms with E-state index in [1.807, 2.05) is 0 Å². The van der Waals surface area contributed by atoms with Gasteiger partial charge in [0.2, 0.25) is 26.0 Å². The minimum atomic E-state index is -4.22. The molecule has 1 atom stereocenters. The average molecular weight is 436 g/mol. The zero-order chi connectivity index (χ0) is 21.1. The first-order valence-electron chi connectivity index (χ1n) is 8.94. The molecular formula is C17H26FN3O5S2. The van der Waals surface area contributed by atoms with E-state index in [2.05, 4.69) is 10.0 Å². The predicted molar refractivity (Wildman–Crippen MR) is 103 cm³/mol. The van der Waals surface area contributed by atoms with Crippen molar-refractivity contribution in [3.63, 3.8) is 0 Å². The molecule has 1 amide bonds. The fourth-order valence-corrected chi connectivity index (χ4v) is 5.31. The maximum atomic E-state index is 13.9. The Hall–Kier alpha value is -1.56. The van der Waals surface area contributed by atoms with Crippen LogP contribution >= 0.6 is 0 Å². The number of carbonyl (C=O) groups is 1. The van der Waals surface area contributed by atoms with Crippen molar-refractivity contribution in [2.75, 3.05) is 19.3 Å². The van der Waals surface area contributed by atoms with Gasteiger partial charge in [0.15, 0.2) is 0 Å². The van der Waals surface area contributed by atoms with Gasteiger partial charge < -0.3 is 5.32 Å². The van der Waals surface area contributed by atoms with Crippen molar-refractivity contribution in [2.45, 2.75) is 43.7 Å². The van der Waals surface area contributed by atoms with E-state index < -0.39 is 42.7 Å². The zero-order valence-electron chi connectivity index (χ0n) is 16.1. The van der Waals surface area contributed by atoms with Crippen molar-refractivity contribution in [3.05, 3.63) is 30.1 Å². The van der Waals surface area contributed by atoms with Crippen LogP contribution in [0.3, 0.4) is 0 Å². The van der Waals surface area contributed by atoms with Gasteiger partial charge in [0.1, 0.15) is 16.8 Å². The standard InChI is InChI=1S/C17H26FN3O5S2/c1-12(2)16(20-28(25,26)15-7-5-4-6-14(15)18)17(22)19-13-8-10-21(11-9-13)27(3,23)24/h4-7,12-13,16,20H,8-11H2,1-3H3,(H,19,22)/t16-/m0/s1. The Kier molecular flexibility index (Phi) is 7.18. The summed E-state index contributed by atoms with van der Waals surface area (Å²) in [5.74, 6) is -1.79. The van der Waals surface area contributed by atoms with Crippen molar-refractivity contribution in [3.8, 4) is 0 Å². The number of nitrogens with zero attached hydrogens (tertiary/aromatic N) is 1. The number of halogens is 1. The summed E-state index contributed by atoms with van der Waals surface area (Å²) in [7, 11) is -7.50. The van der Waals surface area contributed by atoms with Gasteiger partial charge in [0.05, 0.1) is 6.26 Å². The third-order valence-electron chi connectivity index (χ3n) is 4.63. The van der Waals surface area contributed by atoms with E-state index in [0.29, 0.717) is 12.8 Å². The first-order valence-corrected chi connectivity index (χ1v) is 12.3. The van der Waals surface area contributed by atoms with Crippen LogP contribution in [0.4, 0.5) is 4.39 Å². The van der Waals surface area contributed by atoms with E-state index in [1.54, 1.807) is 13.8 Å². The van der Waals surface area contributed by atoms with Gasteiger partial charge in [-0.3, -0.25) is 4.79 Å². The second-order valence-corrected chi connectivity index (χ2v) is 10.9. The smallest absolute Gasteiger partial charge is 0.244 e. The molecule has 0 spiro atoms. The van der Waals surface area contributed by atoms with Gasteiger partial charge in [-0.2, -0.15) is 4.72 Å². The second kappa shape index (κ2) is 8.85. The Bertz CT molecular complexity index is 910. The molecule has 1 aliphatic heterocycles. The highest BCUT2D eigenvalue weighted by atomic mass is 32.2. The third kappa shape index (κ3) is 5.72. The highest BCUT2D eigenvalue weighted by Crippen LogP contribution is 2.17. The Morgan fingerprint density at radius 2 is 1.71 bits per heavy atom. The Balaban J connectivity index is 2.06. The highest BCUT2D eigenvalue weighted by molar-refractivity contribution is 7.89. The van der Waals surface area contributed by atoms with Gasteiger partial charge in [-0.25, -0.2) is 25.5 Å². The minimum Gasteiger partial charge on any atom is -0.352 e. The lowest BCUT2D eigenvalue weighted by Gasteiger charge is -2.32. The number of rotatable bonds is 7. The van der Waals surface area contributed by atoms with Gasteiger partial charge in [-0.15, -0.1) is 0 Å². The number of carbonyl (C=O) groups excluding carboxylic acids is 1. The average Bonchev–Trinajstić information content (AvgIpc) is 2.59. The molecule has 0 aromatic heterocycles. The van der Waals surface area contributed by atoms with Gasteiger partial charge >= 0.3 is 0 Å². The molecule has 0 bridgehead atoms. The van der Waals surface area contributed by atoms with Crippen molar-refractivity contribution < 1.29 is 26.0 Å². The summed E-state index contributed by atoms with van der Waals surface area (Å²) in [5.41, 5.74) is 0. The largest absolute Gasteiger partial charge is 0.352 e. The van der Waals surface area contributed by atoms with Crippen molar-refractivity contribution in [2.24, 2.45) is 5.92 Å². The van der Waals surface area contributed by atoms with Crippen LogP contribution in [0.2, 0.25) is 0 Å². The van der Waals surface area contributed by atoms with E-state index in [9.17, 15) is 26.0 Å². The lowest BCUT2D eigenvalue weighted by molar-refractivity contribution is -0.124. The van der Waals surface area contributed by atoms with Crippen LogP contribution in [0.25, 0.3) is 0 Å². The molecule has 0 unspecified atom stereocenters. The third-order valence-corrected chi connectivity index (χ3v) is 7.40. The molecule has 11 heteroatoms. The van der Waals surface area contributed by atoms with Crippen molar-refractivity contribution in [1.29, 1.82) is 0 Å². The number of hydrogen-bond acceptors (Lipinski definition) is 5. The molecule has 1 heterocycles. The molecule has 1 aromatic carbocycles. The van der Waals surface area contributed by atoms with E-state index in [1.165, 1.54) is 16.4 Å². The van der Waals surface area contributed by atoms with Gasteiger partial charge in [0.25, 0.3) is 0 Å². The van der Waals surface area contributed by atoms with Gasteiger partial charge in [-0.1, -0.05) is 26.0 Å². The topological polar surface area (TPSA) is 113 Å². The Morgan fingerprint density at radius 1 is 1.14 bits per heavy atom. The lowest BCUT2D eigenvalue weighted by Crippen LogP contribution is -2.54. The monoisotopic (exact) mass is 435 g/mol. The van der Waals surface area contributed by atoms with E-state index in [4.69, 9.17) is 0 Å². The molecule has 8 nitrogen and oxygen atoms in total. The van der Waals surface area contributed by atoms with Crippen LogP contribution in [0.15, 0.2) is 29.2 Å². The number of amides is 1. The molecule has 1 aliphatic rings. The van der Waals surface area contributed by atoms with E-state index in [-0.39, 0.29) is 25.0 Å². The Labute approximate surface area is 165 Å². The maximum Gasteiger partial charge on any atom is 0.244 e. The van der Waals surface area contributed by atoms with Crippen LogP contribution in [0.1, 0.15) is 26.7 Å². The molecule has 0 aliphatic carbocycles. The summed E-state index contributed by atoms with van der Waals surface area (Å²) in [4.78, 5) is 12.1. The molecule has 158 valence electrons. The normalized spacial score (nSPS) is 18.2. The van der Waals surface area contributed by atoms with Crippen molar-refractivity contribution in [1.82, 2.24) is 14.3 Å². The number of nitrogens with one attached hydrogen (secondary N) is 2.